The molecule has 0 spiro atoms. The van der Waals surface area contributed by atoms with Crippen LogP contribution in [-0.2, 0) is 0 Å². The average molecular weight is 234 g/mol. The first-order valence-corrected chi connectivity index (χ1v) is 5.46. The minimum absolute atomic E-state index is 0.123. The maximum atomic E-state index is 11.7. The first kappa shape index (κ1) is 11.6. The van der Waals surface area contributed by atoms with E-state index in [4.69, 9.17) is 5.11 Å². The van der Waals surface area contributed by atoms with Gasteiger partial charge < -0.3 is 10.4 Å². The van der Waals surface area contributed by atoms with Gasteiger partial charge in [0, 0.05) is 25.9 Å². The molecule has 2 amide bonds. The van der Waals surface area contributed by atoms with Crippen LogP contribution in [0.15, 0.2) is 18.2 Å². The van der Waals surface area contributed by atoms with Gasteiger partial charge in [-0.3, -0.25) is 14.5 Å². The second-order valence-corrected chi connectivity index (χ2v) is 3.93. The first-order valence-electron chi connectivity index (χ1n) is 5.46. The van der Waals surface area contributed by atoms with Gasteiger partial charge in [0.15, 0.2) is 0 Å². The number of fused-ring (bicyclic) bond motifs is 1. The Balaban J connectivity index is 2.21. The van der Waals surface area contributed by atoms with Crippen LogP contribution in [0.4, 0.5) is 5.69 Å². The lowest BCUT2D eigenvalue weighted by molar-refractivity contribution is 0.0693. The number of imide groups is 1. The van der Waals surface area contributed by atoms with Crippen molar-refractivity contribution in [3.63, 3.8) is 0 Å². The average Bonchev–Trinajstić information content (AvgIpc) is 2.55. The number of benzene rings is 1. The van der Waals surface area contributed by atoms with Gasteiger partial charge in [0.05, 0.1) is 11.1 Å². The zero-order valence-electron chi connectivity index (χ0n) is 9.56. The molecule has 0 atom stereocenters. The molecule has 1 heterocycles. The normalized spacial score (nSPS) is 14.1. The minimum Gasteiger partial charge on any atom is -0.396 e. The summed E-state index contributed by atoms with van der Waals surface area (Å²) in [5.74, 6) is -0.525. The van der Waals surface area contributed by atoms with Crippen LogP contribution in [0.5, 0.6) is 0 Å². The van der Waals surface area contributed by atoms with E-state index < -0.39 is 0 Å². The third-order valence-corrected chi connectivity index (χ3v) is 2.75. The van der Waals surface area contributed by atoms with Crippen molar-refractivity contribution in [3.8, 4) is 0 Å². The molecule has 5 nitrogen and oxygen atoms in total. The molecule has 1 aliphatic heterocycles. The van der Waals surface area contributed by atoms with Gasteiger partial charge in [-0.1, -0.05) is 0 Å². The van der Waals surface area contributed by atoms with Crippen molar-refractivity contribution in [2.75, 3.05) is 25.5 Å². The predicted octanol–water partition coefficient (Wildman–Crippen LogP) is 0.707. The maximum Gasteiger partial charge on any atom is 0.261 e. The highest BCUT2D eigenvalue weighted by atomic mass is 16.3. The third-order valence-electron chi connectivity index (χ3n) is 2.75. The van der Waals surface area contributed by atoms with E-state index in [2.05, 4.69) is 5.32 Å². The molecule has 0 bridgehead atoms. The molecule has 1 aromatic rings. The Kier molecular flexibility index (Phi) is 3.10. The van der Waals surface area contributed by atoms with Gasteiger partial charge in [0.25, 0.3) is 11.8 Å². The van der Waals surface area contributed by atoms with Crippen molar-refractivity contribution < 1.29 is 14.7 Å². The van der Waals surface area contributed by atoms with E-state index >= 15 is 0 Å². The number of nitrogens with zero attached hydrogens (tertiary/aromatic N) is 1. The predicted molar refractivity (Wildman–Crippen MR) is 63.1 cm³/mol. The molecule has 2 N–H and O–H groups in total. The lowest BCUT2D eigenvalue weighted by Crippen LogP contribution is -2.24. The van der Waals surface area contributed by atoms with Crippen LogP contribution < -0.4 is 5.32 Å². The van der Waals surface area contributed by atoms with Crippen molar-refractivity contribution in [1.29, 1.82) is 0 Å². The molecule has 0 aromatic heterocycles. The molecular weight excluding hydrogens is 220 g/mol. The molecular formula is C12H14N2O3. The number of hydrogen-bond acceptors (Lipinski definition) is 4. The van der Waals surface area contributed by atoms with Gasteiger partial charge >= 0.3 is 0 Å². The number of aliphatic hydroxyl groups excluding tert-OH is 1. The van der Waals surface area contributed by atoms with Crippen molar-refractivity contribution in [3.05, 3.63) is 29.3 Å². The van der Waals surface area contributed by atoms with Gasteiger partial charge in [-0.05, 0) is 24.6 Å². The van der Waals surface area contributed by atoms with E-state index in [1.54, 1.807) is 18.2 Å². The molecule has 17 heavy (non-hydrogen) atoms. The summed E-state index contributed by atoms with van der Waals surface area (Å²) in [6.07, 6.45) is 0.643. The third kappa shape index (κ3) is 2.01. The van der Waals surface area contributed by atoms with Gasteiger partial charge in [-0.2, -0.15) is 0 Å². The van der Waals surface area contributed by atoms with Gasteiger partial charge in [0.1, 0.15) is 0 Å². The Morgan fingerprint density at radius 3 is 2.65 bits per heavy atom. The van der Waals surface area contributed by atoms with E-state index in [1.807, 2.05) is 0 Å². The van der Waals surface area contributed by atoms with Crippen molar-refractivity contribution >= 4 is 17.5 Å². The molecule has 5 heteroatoms. The monoisotopic (exact) mass is 234 g/mol. The Labute approximate surface area is 99.0 Å². The molecule has 0 unspecified atom stereocenters. The second kappa shape index (κ2) is 4.55. The fraction of sp³-hybridized carbons (Fsp3) is 0.333. The van der Waals surface area contributed by atoms with E-state index in [0.717, 1.165) is 10.6 Å². The lowest BCUT2D eigenvalue weighted by Gasteiger charge is -2.05. The standard InChI is InChI=1S/C12H14N2O3/c1-14-11(16)9-4-3-8(13-5-2-6-15)7-10(9)12(14)17/h3-4,7,13,15H,2,5-6H2,1H3. The summed E-state index contributed by atoms with van der Waals surface area (Å²) < 4.78 is 0. The summed E-state index contributed by atoms with van der Waals surface area (Å²) in [7, 11) is 1.48. The van der Waals surface area contributed by atoms with Crippen molar-refractivity contribution in [2.24, 2.45) is 0 Å². The van der Waals surface area contributed by atoms with Crippen LogP contribution >= 0.6 is 0 Å². The summed E-state index contributed by atoms with van der Waals surface area (Å²) in [5.41, 5.74) is 1.67. The highest BCUT2D eigenvalue weighted by Crippen LogP contribution is 2.24. The lowest BCUT2D eigenvalue weighted by atomic mass is 10.1. The van der Waals surface area contributed by atoms with E-state index in [-0.39, 0.29) is 18.4 Å². The minimum atomic E-state index is -0.268. The number of hydrogen-bond donors (Lipinski definition) is 2. The highest BCUT2D eigenvalue weighted by Gasteiger charge is 2.32. The summed E-state index contributed by atoms with van der Waals surface area (Å²) in [4.78, 5) is 24.5. The SMILES string of the molecule is CN1C(=O)c2ccc(NCCCO)cc2C1=O. The molecule has 0 saturated carbocycles. The van der Waals surface area contributed by atoms with Crippen LogP contribution in [0.25, 0.3) is 0 Å². The van der Waals surface area contributed by atoms with Gasteiger partial charge in [-0.15, -0.1) is 0 Å². The Morgan fingerprint density at radius 1 is 1.24 bits per heavy atom. The Hall–Kier alpha value is -1.88. The quantitative estimate of drug-likeness (QED) is 0.594. The number of anilines is 1. The van der Waals surface area contributed by atoms with Crippen LogP contribution in [-0.4, -0.2) is 42.0 Å². The Bertz CT molecular complexity index is 471. The molecule has 1 aromatic carbocycles. The number of carbonyl (C=O) groups is 2. The van der Waals surface area contributed by atoms with E-state index in [1.165, 1.54) is 7.05 Å². The molecule has 90 valence electrons. The van der Waals surface area contributed by atoms with Crippen LogP contribution in [0.1, 0.15) is 27.1 Å². The van der Waals surface area contributed by atoms with E-state index in [9.17, 15) is 9.59 Å². The number of nitrogens with one attached hydrogen (secondary N) is 1. The topological polar surface area (TPSA) is 69.6 Å². The van der Waals surface area contributed by atoms with Gasteiger partial charge in [-0.25, -0.2) is 0 Å². The van der Waals surface area contributed by atoms with Crippen LogP contribution in [0.3, 0.4) is 0 Å². The smallest absolute Gasteiger partial charge is 0.261 e. The van der Waals surface area contributed by atoms with Crippen molar-refractivity contribution in [1.82, 2.24) is 4.90 Å². The summed E-state index contributed by atoms with van der Waals surface area (Å²) in [6.45, 7) is 0.755. The number of carbonyl (C=O) groups excluding carboxylic acids is 2. The number of amides is 2. The van der Waals surface area contributed by atoms with Gasteiger partial charge in [0.2, 0.25) is 0 Å². The zero-order valence-corrected chi connectivity index (χ0v) is 9.56. The summed E-state index contributed by atoms with van der Waals surface area (Å²) in [5, 5.41) is 11.7. The molecule has 0 saturated heterocycles. The van der Waals surface area contributed by atoms with Crippen LogP contribution in [0.2, 0.25) is 0 Å². The number of aliphatic hydroxyl groups is 1. The first-order chi connectivity index (χ1) is 8.15. The van der Waals surface area contributed by atoms with Crippen LogP contribution in [0, 0.1) is 0 Å². The highest BCUT2D eigenvalue weighted by molar-refractivity contribution is 6.21. The maximum absolute atomic E-state index is 11.7. The number of rotatable bonds is 4. The molecule has 0 fully saturated rings. The Morgan fingerprint density at radius 2 is 1.94 bits per heavy atom. The second-order valence-electron chi connectivity index (χ2n) is 3.93. The molecule has 1 aliphatic rings. The molecule has 0 radical (unpaired) electrons. The summed E-state index contributed by atoms with van der Waals surface area (Å²) in [6, 6.07) is 5.09. The fourth-order valence-electron chi connectivity index (χ4n) is 1.78. The summed E-state index contributed by atoms with van der Waals surface area (Å²) >= 11 is 0. The largest absolute Gasteiger partial charge is 0.396 e. The fourth-order valence-corrected chi connectivity index (χ4v) is 1.78. The van der Waals surface area contributed by atoms with Crippen molar-refractivity contribution in [2.45, 2.75) is 6.42 Å². The molecule has 0 aliphatic carbocycles. The van der Waals surface area contributed by atoms with E-state index in [0.29, 0.717) is 24.1 Å². The zero-order chi connectivity index (χ0) is 12.4. The molecule has 2 rings (SSSR count).